The minimum Gasteiger partial charge on any atom is -0.383 e. The summed E-state index contributed by atoms with van der Waals surface area (Å²) in [5, 5.41) is 8.31. The highest BCUT2D eigenvalue weighted by atomic mass is 35.5. The highest BCUT2D eigenvalue weighted by Gasteiger charge is 2.26. The van der Waals surface area contributed by atoms with Crippen molar-refractivity contribution in [2.75, 3.05) is 20.3 Å². The lowest BCUT2D eigenvalue weighted by Crippen LogP contribution is -2.28. The summed E-state index contributed by atoms with van der Waals surface area (Å²) in [5.41, 5.74) is 3.39. The minimum absolute atomic E-state index is 0.168. The van der Waals surface area contributed by atoms with E-state index in [0.29, 0.717) is 28.9 Å². The summed E-state index contributed by atoms with van der Waals surface area (Å²) in [6.45, 7) is 0.936. The smallest absolute Gasteiger partial charge is 0.272 e. The SMILES string of the molecule is COCCNC(=O)c1nn(-c2ccc(Cl)c(Cl)c2)c2c1CCC2. The van der Waals surface area contributed by atoms with Crippen LogP contribution < -0.4 is 5.32 Å². The molecule has 1 aromatic heterocycles. The number of fused-ring (bicyclic) bond motifs is 1. The Labute approximate surface area is 144 Å². The lowest BCUT2D eigenvalue weighted by Gasteiger charge is -2.07. The van der Waals surface area contributed by atoms with E-state index in [4.69, 9.17) is 27.9 Å². The molecule has 0 bridgehead atoms. The van der Waals surface area contributed by atoms with E-state index in [2.05, 4.69) is 10.4 Å². The first-order valence-corrected chi connectivity index (χ1v) is 8.20. The number of benzene rings is 1. The van der Waals surface area contributed by atoms with E-state index < -0.39 is 0 Å². The monoisotopic (exact) mass is 353 g/mol. The van der Waals surface area contributed by atoms with Crippen LogP contribution in [-0.4, -0.2) is 35.9 Å². The van der Waals surface area contributed by atoms with Crippen LogP contribution in [0.25, 0.3) is 5.69 Å². The number of ether oxygens (including phenoxy) is 1. The molecule has 0 fully saturated rings. The molecule has 7 heteroatoms. The van der Waals surface area contributed by atoms with Gasteiger partial charge in [-0.15, -0.1) is 0 Å². The number of hydrogen-bond donors (Lipinski definition) is 1. The van der Waals surface area contributed by atoms with Crippen LogP contribution >= 0.6 is 23.2 Å². The Balaban J connectivity index is 1.95. The number of halogens is 2. The zero-order valence-electron chi connectivity index (χ0n) is 12.7. The van der Waals surface area contributed by atoms with Crippen LogP contribution in [0.3, 0.4) is 0 Å². The Morgan fingerprint density at radius 3 is 2.91 bits per heavy atom. The van der Waals surface area contributed by atoms with Gasteiger partial charge in [0.1, 0.15) is 0 Å². The number of methoxy groups -OCH3 is 1. The van der Waals surface area contributed by atoms with Crippen molar-refractivity contribution in [2.45, 2.75) is 19.3 Å². The van der Waals surface area contributed by atoms with Crippen molar-refractivity contribution in [3.05, 3.63) is 45.2 Å². The Morgan fingerprint density at radius 2 is 2.17 bits per heavy atom. The highest BCUT2D eigenvalue weighted by molar-refractivity contribution is 6.42. The first kappa shape index (κ1) is 16.3. The molecular weight excluding hydrogens is 337 g/mol. The molecule has 23 heavy (non-hydrogen) atoms. The summed E-state index contributed by atoms with van der Waals surface area (Å²) in [6, 6.07) is 5.36. The first-order chi connectivity index (χ1) is 11.1. The van der Waals surface area contributed by atoms with Crippen LogP contribution in [0.4, 0.5) is 0 Å². The van der Waals surface area contributed by atoms with Crippen LogP contribution in [-0.2, 0) is 17.6 Å². The van der Waals surface area contributed by atoms with Gasteiger partial charge in [0.15, 0.2) is 5.69 Å². The third-order valence-electron chi connectivity index (χ3n) is 3.88. The number of amides is 1. The second-order valence-corrected chi connectivity index (χ2v) is 6.20. The van der Waals surface area contributed by atoms with Gasteiger partial charge in [-0.3, -0.25) is 4.79 Å². The summed E-state index contributed by atoms with van der Waals surface area (Å²) < 4.78 is 6.75. The summed E-state index contributed by atoms with van der Waals surface area (Å²) in [7, 11) is 1.60. The Hall–Kier alpha value is -1.56. The number of nitrogens with one attached hydrogen (secondary N) is 1. The second-order valence-electron chi connectivity index (χ2n) is 5.39. The van der Waals surface area contributed by atoms with Crippen molar-refractivity contribution in [2.24, 2.45) is 0 Å². The molecule has 1 aliphatic rings. The van der Waals surface area contributed by atoms with Crippen molar-refractivity contribution in [3.63, 3.8) is 0 Å². The Bertz CT molecular complexity index is 743. The molecule has 2 aromatic rings. The van der Waals surface area contributed by atoms with Gasteiger partial charge in [0.25, 0.3) is 5.91 Å². The molecule has 122 valence electrons. The largest absolute Gasteiger partial charge is 0.383 e. The van der Waals surface area contributed by atoms with Crippen LogP contribution in [0, 0.1) is 0 Å². The zero-order chi connectivity index (χ0) is 16.4. The molecule has 5 nitrogen and oxygen atoms in total. The molecule has 0 spiro atoms. The van der Waals surface area contributed by atoms with Gasteiger partial charge >= 0.3 is 0 Å². The fraction of sp³-hybridized carbons (Fsp3) is 0.375. The molecule has 0 radical (unpaired) electrons. The van der Waals surface area contributed by atoms with E-state index >= 15 is 0 Å². The molecule has 0 atom stereocenters. The van der Waals surface area contributed by atoms with Crippen LogP contribution in [0.5, 0.6) is 0 Å². The van der Waals surface area contributed by atoms with Gasteiger partial charge in [0.2, 0.25) is 0 Å². The Kier molecular flexibility index (Phi) is 4.90. The molecule has 1 aliphatic carbocycles. The molecule has 0 unspecified atom stereocenters. The predicted octanol–water partition coefficient (Wildman–Crippen LogP) is 3.04. The molecule has 1 amide bonds. The number of hydrogen-bond acceptors (Lipinski definition) is 3. The number of carbonyl (C=O) groups is 1. The summed E-state index contributed by atoms with van der Waals surface area (Å²) in [6.07, 6.45) is 2.78. The van der Waals surface area contributed by atoms with Gasteiger partial charge in [-0.05, 0) is 37.5 Å². The molecular formula is C16H17Cl2N3O2. The predicted molar refractivity (Wildman–Crippen MR) is 89.8 cm³/mol. The summed E-state index contributed by atoms with van der Waals surface area (Å²) in [4.78, 5) is 12.4. The van der Waals surface area contributed by atoms with Crippen molar-refractivity contribution < 1.29 is 9.53 Å². The average Bonchev–Trinajstić information content (AvgIpc) is 3.12. The number of rotatable bonds is 5. The molecule has 3 rings (SSSR count). The Morgan fingerprint density at radius 1 is 1.35 bits per heavy atom. The van der Waals surface area contributed by atoms with E-state index in [1.165, 1.54) is 0 Å². The molecule has 1 N–H and O–H groups in total. The third kappa shape index (κ3) is 3.22. The normalized spacial score (nSPS) is 13.2. The van der Waals surface area contributed by atoms with Gasteiger partial charge in [-0.2, -0.15) is 5.10 Å². The maximum Gasteiger partial charge on any atom is 0.272 e. The lowest BCUT2D eigenvalue weighted by atomic mass is 10.2. The van der Waals surface area contributed by atoms with Crippen molar-refractivity contribution in [3.8, 4) is 5.69 Å². The topological polar surface area (TPSA) is 56.1 Å². The van der Waals surface area contributed by atoms with Gasteiger partial charge in [-0.1, -0.05) is 23.2 Å². The van der Waals surface area contributed by atoms with E-state index in [0.717, 1.165) is 36.2 Å². The fourth-order valence-corrected chi connectivity index (χ4v) is 3.09. The van der Waals surface area contributed by atoms with Crippen LogP contribution in [0.15, 0.2) is 18.2 Å². The first-order valence-electron chi connectivity index (χ1n) is 7.45. The van der Waals surface area contributed by atoms with Gasteiger partial charge in [0, 0.05) is 24.9 Å². The standard InChI is InChI=1S/C16H17Cl2N3O2/c1-23-8-7-19-16(22)15-11-3-2-4-14(11)21(20-15)10-5-6-12(17)13(18)9-10/h5-6,9H,2-4,7-8H2,1H3,(H,19,22). The lowest BCUT2D eigenvalue weighted by molar-refractivity contribution is 0.0931. The van der Waals surface area contributed by atoms with Crippen molar-refractivity contribution in [1.29, 1.82) is 0 Å². The fourth-order valence-electron chi connectivity index (χ4n) is 2.80. The maximum absolute atomic E-state index is 12.4. The van der Waals surface area contributed by atoms with E-state index in [9.17, 15) is 4.79 Å². The number of carbonyl (C=O) groups excluding carboxylic acids is 1. The highest BCUT2D eigenvalue weighted by Crippen LogP contribution is 2.30. The summed E-state index contributed by atoms with van der Waals surface area (Å²) >= 11 is 12.1. The number of aromatic nitrogens is 2. The third-order valence-corrected chi connectivity index (χ3v) is 4.62. The molecule has 0 saturated heterocycles. The van der Waals surface area contributed by atoms with Crippen LogP contribution in [0.2, 0.25) is 10.0 Å². The number of nitrogens with zero attached hydrogens (tertiary/aromatic N) is 2. The molecule has 1 heterocycles. The average molecular weight is 354 g/mol. The zero-order valence-corrected chi connectivity index (χ0v) is 14.2. The van der Waals surface area contributed by atoms with Crippen molar-refractivity contribution in [1.82, 2.24) is 15.1 Å². The quantitative estimate of drug-likeness (QED) is 0.840. The minimum atomic E-state index is -0.168. The van der Waals surface area contributed by atoms with E-state index in [1.807, 2.05) is 6.07 Å². The molecule has 0 aliphatic heterocycles. The van der Waals surface area contributed by atoms with Crippen LogP contribution in [0.1, 0.15) is 28.2 Å². The van der Waals surface area contributed by atoms with E-state index in [-0.39, 0.29) is 5.91 Å². The second kappa shape index (κ2) is 6.91. The maximum atomic E-state index is 12.4. The van der Waals surface area contributed by atoms with Gasteiger partial charge < -0.3 is 10.1 Å². The molecule has 1 aromatic carbocycles. The van der Waals surface area contributed by atoms with Gasteiger partial charge in [-0.25, -0.2) is 4.68 Å². The van der Waals surface area contributed by atoms with Gasteiger partial charge in [0.05, 0.1) is 22.3 Å². The summed E-state index contributed by atoms with van der Waals surface area (Å²) in [5.74, 6) is -0.168. The van der Waals surface area contributed by atoms with Crippen molar-refractivity contribution >= 4 is 29.1 Å². The van der Waals surface area contributed by atoms with E-state index in [1.54, 1.807) is 23.9 Å². The molecule has 0 saturated carbocycles.